The number of quaternary nitrogens is 1. The number of ether oxygens (including phenoxy) is 1. The zero-order chi connectivity index (χ0) is 15.7. The molecule has 1 fully saturated rings. The zero-order valence-electron chi connectivity index (χ0n) is 11.4. The second-order valence-electron chi connectivity index (χ2n) is 4.86. The number of nitrogens with one attached hydrogen (secondary N) is 1. The number of halogens is 2. The summed E-state index contributed by atoms with van der Waals surface area (Å²) < 4.78 is 5.30. The van der Waals surface area contributed by atoms with Crippen molar-refractivity contribution >= 4 is 52.1 Å². The predicted octanol–water partition coefficient (Wildman–Crippen LogP) is 0.952. The normalized spacial score (nSPS) is 21.5. The number of benzene rings is 1. The zero-order valence-corrected chi connectivity index (χ0v) is 13.7. The van der Waals surface area contributed by atoms with Gasteiger partial charge >= 0.3 is 0 Å². The molecule has 0 atom stereocenters. The van der Waals surface area contributed by atoms with Crippen LogP contribution in [0.25, 0.3) is 6.08 Å². The first-order chi connectivity index (χ1) is 10.5. The summed E-state index contributed by atoms with van der Waals surface area (Å²) >= 11 is 13.0. The van der Waals surface area contributed by atoms with Gasteiger partial charge in [-0.05, 0) is 35.5 Å². The van der Waals surface area contributed by atoms with Gasteiger partial charge in [0.05, 0.1) is 18.1 Å². The van der Waals surface area contributed by atoms with Crippen molar-refractivity contribution in [3.63, 3.8) is 0 Å². The molecule has 1 aromatic carbocycles. The minimum atomic E-state index is -0.411. The number of amides is 1. The fraction of sp³-hybridized carbons (Fsp3) is 0.286. The molecule has 2 aliphatic heterocycles. The fourth-order valence-corrected chi connectivity index (χ4v) is 3.72. The summed E-state index contributed by atoms with van der Waals surface area (Å²) in [7, 11) is 0. The maximum absolute atomic E-state index is 12.0. The molecular weight excluding hydrogens is 347 g/mol. The average molecular weight is 359 g/mol. The number of nitrogens with zero attached hydrogens (tertiary/aromatic N) is 1. The molecular formula is C14H12Cl2N2O3S. The van der Waals surface area contributed by atoms with E-state index in [-0.39, 0.29) is 16.0 Å². The lowest BCUT2D eigenvalue weighted by atomic mass is 10.2. The SMILES string of the molecule is O=C1N=C([NH+]2CCOCC2)S/C1=C/c1cc(Cl)c([O-])c(Cl)c1. The molecule has 0 spiro atoms. The molecule has 1 saturated heterocycles. The molecule has 0 aromatic heterocycles. The Kier molecular flexibility index (Phi) is 4.75. The summed E-state index contributed by atoms with van der Waals surface area (Å²) in [5.41, 5.74) is 0.610. The number of hydrogen-bond acceptors (Lipinski definition) is 4. The molecule has 0 radical (unpaired) electrons. The molecule has 5 nitrogen and oxygen atoms in total. The van der Waals surface area contributed by atoms with E-state index in [1.165, 1.54) is 23.9 Å². The number of aliphatic imine (C=N–C) groups is 1. The van der Waals surface area contributed by atoms with Gasteiger partial charge in [-0.3, -0.25) is 9.69 Å². The van der Waals surface area contributed by atoms with Crippen LogP contribution in [0, 0.1) is 0 Å². The largest absolute Gasteiger partial charge is 0.870 e. The van der Waals surface area contributed by atoms with Gasteiger partial charge in [0.25, 0.3) is 11.1 Å². The van der Waals surface area contributed by atoms with Gasteiger partial charge < -0.3 is 9.84 Å². The van der Waals surface area contributed by atoms with E-state index < -0.39 is 5.75 Å². The van der Waals surface area contributed by atoms with Crippen LogP contribution in [0.4, 0.5) is 0 Å². The van der Waals surface area contributed by atoms with Crippen molar-refractivity contribution in [3.05, 3.63) is 32.6 Å². The van der Waals surface area contributed by atoms with Crippen LogP contribution in [0.1, 0.15) is 5.56 Å². The Morgan fingerprint density at radius 2 is 1.91 bits per heavy atom. The van der Waals surface area contributed by atoms with Crippen molar-refractivity contribution in [2.24, 2.45) is 4.99 Å². The lowest BCUT2D eigenvalue weighted by Gasteiger charge is -2.21. The molecule has 8 heteroatoms. The number of rotatable bonds is 1. The lowest BCUT2D eigenvalue weighted by molar-refractivity contribution is -0.812. The molecule has 22 heavy (non-hydrogen) atoms. The van der Waals surface area contributed by atoms with Crippen molar-refractivity contribution in [2.75, 3.05) is 26.3 Å². The number of carbonyl (C=O) groups excluding carboxylic acids is 1. The molecule has 1 aromatic rings. The molecule has 0 saturated carbocycles. The topological polar surface area (TPSA) is 66.2 Å². The van der Waals surface area contributed by atoms with E-state index in [1.807, 2.05) is 0 Å². The maximum atomic E-state index is 12.0. The highest BCUT2D eigenvalue weighted by Gasteiger charge is 2.31. The molecule has 0 unspecified atom stereocenters. The van der Waals surface area contributed by atoms with Crippen molar-refractivity contribution in [2.45, 2.75) is 0 Å². The first-order valence-corrected chi connectivity index (χ1v) is 8.23. The molecule has 3 rings (SSSR count). The highest BCUT2D eigenvalue weighted by Crippen LogP contribution is 2.33. The highest BCUT2D eigenvalue weighted by molar-refractivity contribution is 8.18. The lowest BCUT2D eigenvalue weighted by Crippen LogP contribution is -3.15. The van der Waals surface area contributed by atoms with Crippen molar-refractivity contribution in [3.8, 4) is 5.75 Å². The van der Waals surface area contributed by atoms with Gasteiger partial charge in [-0.15, -0.1) is 4.99 Å². The van der Waals surface area contributed by atoms with E-state index in [2.05, 4.69) is 4.99 Å². The predicted molar refractivity (Wildman–Crippen MR) is 85.4 cm³/mol. The van der Waals surface area contributed by atoms with Crippen LogP contribution in [0.5, 0.6) is 5.75 Å². The van der Waals surface area contributed by atoms with E-state index in [0.717, 1.165) is 23.2 Å². The summed E-state index contributed by atoms with van der Waals surface area (Å²) in [6.07, 6.45) is 1.65. The first-order valence-electron chi connectivity index (χ1n) is 6.66. The van der Waals surface area contributed by atoms with Crippen molar-refractivity contribution in [1.29, 1.82) is 0 Å². The number of morpholine rings is 1. The summed E-state index contributed by atoms with van der Waals surface area (Å²) in [5, 5.41) is 12.3. The Bertz CT molecular complexity index is 662. The fourth-order valence-electron chi connectivity index (χ4n) is 2.21. The van der Waals surface area contributed by atoms with Gasteiger partial charge in [-0.1, -0.05) is 29.0 Å². The van der Waals surface area contributed by atoms with Gasteiger partial charge in [0.1, 0.15) is 13.1 Å². The van der Waals surface area contributed by atoms with Crippen LogP contribution < -0.4 is 10.0 Å². The first kappa shape index (κ1) is 15.8. The molecule has 116 valence electrons. The van der Waals surface area contributed by atoms with E-state index in [1.54, 1.807) is 6.08 Å². The quantitative estimate of drug-likeness (QED) is 0.759. The van der Waals surface area contributed by atoms with Crippen LogP contribution in [-0.4, -0.2) is 37.4 Å². The Morgan fingerprint density at radius 3 is 2.55 bits per heavy atom. The third-order valence-corrected chi connectivity index (χ3v) is 4.98. The molecule has 0 aliphatic carbocycles. The van der Waals surface area contributed by atoms with Crippen molar-refractivity contribution in [1.82, 2.24) is 0 Å². The van der Waals surface area contributed by atoms with E-state index in [4.69, 9.17) is 27.9 Å². The minimum Gasteiger partial charge on any atom is -0.870 e. The molecule has 0 bridgehead atoms. The Hall–Kier alpha value is -1.05. The summed E-state index contributed by atoms with van der Waals surface area (Å²) in [5.74, 6) is -0.692. The Morgan fingerprint density at radius 1 is 1.27 bits per heavy atom. The van der Waals surface area contributed by atoms with Crippen LogP contribution in [0.2, 0.25) is 10.0 Å². The Labute approximate surface area is 141 Å². The molecule has 2 heterocycles. The highest BCUT2D eigenvalue weighted by atomic mass is 35.5. The summed E-state index contributed by atoms with van der Waals surface area (Å²) in [6, 6.07) is 2.99. The molecule has 1 N–H and O–H groups in total. The van der Waals surface area contributed by atoms with E-state index in [0.29, 0.717) is 23.7 Å². The van der Waals surface area contributed by atoms with Gasteiger partial charge in [0.2, 0.25) is 0 Å². The third-order valence-electron chi connectivity index (χ3n) is 3.34. The number of thioether (sulfide) groups is 1. The monoisotopic (exact) mass is 358 g/mol. The van der Waals surface area contributed by atoms with Crippen LogP contribution >= 0.6 is 35.0 Å². The second kappa shape index (κ2) is 6.60. The van der Waals surface area contributed by atoms with Gasteiger partial charge in [0, 0.05) is 10.0 Å². The number of amidine groups is 1. The van der Waals surface area contributed by atoms with Gasteiger partial charge in [0.15, 0.2) is 0 Å². The van der Waals surface area contributed by atoms with E-state index >= 15 is 0 Å². The van der Waals surface area contributed by atoms with E-state index in [9.17, 15) is 9.90 Å². The average Bonchev–Trinajstić information content (AvgIpc) is 2.87. The van der Waals surface area contributed by atoms with Crippen LogP contribution in [0.15, 0.2) is 22.0 Å². The minimum absolute atomic E-state index is 0.0368. The van der Waals surface area contributed by atoms with Crippen LogP contribution in [-0.2, 0) is 9.53 Å². The van der Waals surface area contributed by atoms with Crippen molar-refractivity contribution < 1.29 is 19.5 Å². The van der Waals surface area contributed by atoms with Crippen LogP contribution in [0.3, 0.4) is 0 Å². The standard InChI is InChI=1S/C14H12Cl2N2O3S/c15-9-5-8(6-10(16)12(9)19)7-11-13(20)17-14(22-11)18-1-3-21-4-2-18/h5-7,19H,1-4H2/b11-7+. The molecule has 1 amide bonds. The third kappa shape index (κ3) is 3.31. The smallest absolute Gasteiger partial charge is 0.289 e. The second-order valence-corrected chi connectivity index (χ2v) is 6.71. The summed E-state index contributed by atoms with van der Waals surface area (Å²) in [4.78, 5) is 17.8. The Balaban J connectivity index is 1.80. The van der Waals surface area contributed by atoms with Gasteiger partial charge in [-0.25, -0.2) is 0 Å². The maximum Gasteiger partial charge on any atom is 0.289 e. The number of carbonyl (C=O) groups is 1. The van der Waals surface area contributed by atoms with Gasteiger partial charge in [-0.2, -0.15) is 0 Å². The molecule has 2 aliphatic rings. The summed E-state index contributed by atoms with van der Waals surface area (Å²) in [6.45, 7) is 2.93. The number of hydrogen-bond donors (Lipinski definition) is 1.